The SMILES string of the molecule is Cc1cccc(-n2c3ccccc3c3c(C4=CC(C5=c6c(c7ccccc7n6-c6ccccc6)=CCC5)CCC4)cccc32)c1. The fourth-order valence-electron chi connectivity index (χ4n) is 8.24. The molecule has 0 spiro atoms. The van der Waals surface area contributed by atoms with Crippen LogP contribution in [0.1, 0.15) is 43.2 Å². The molecule has 0 bridgehead atoms. The molecule has 5 aromatic carbocycles. The number of hydrogen-bond donors (Lipinski definition) is 0. The lowest BCUT2D eigenvalue weighted by atomic mass is 9.80. The second kappa shape index (κ2) is 10.5. The zero-order valence-corrected chi connectivity index (χ0v) is 25.7. The molecule has 218 valence electrons. The van der Waals surface area contributed by atoms with Gasteiger partial charge in [-0.1, -0.05) is 91.0 Å². The molecule has 1 atom stereocenters. The lowest BCUT2D eigenvalue weighted by Crippen LogP contribution is -2.35. The maximum Gasteiger partial charge on any atom is 0.0547 e. The second-order valence-electron chi connectivity index (χ2n) is 12.8. The zero-order chi connectivity index (χ0) is 29.9. The topological polar surface area (TPSA) is 9.86 Å². The first-order valence-corrected chi connectivity index (χ1v) is 16.4. The molecule has 0 radical (unpaired) electrons. The van der Waals surface area contributed by atoms with Gasteiger partial charge in [0, 0.05) is 38.7 Å². The molecule has 2 aromatic heterocycles. The summed E-state index contributed by atoms with van der Waals surface area (Å²) in [7, 11) is 0. The molecular formula is C43H36N2. The van der Waals surface area contributed by atoms with Crippen molar-refractivity contribution < 1.29 is 0 Å². The molecule has 45 heavy (non-hydrogen) atoms. The lowest BCUT2D eigenvalue weighted by molar-refractivity contribution is 0.633. The maximum absolute atomic E-state index is 2.65. The van der Waals surface area contributed by atoms with Crippen LogP contribution in [-0.2, 0) is 0 Å². The molecule has 1 unspecified atom stereocenters. The second-order valence-corrected chi connectivity index (χ2v) is 12.8. The first-order chi connectivity index (χ1) is 22.3. The molecule has 2 heteroatoms. The number of fused-ring (bicyclic) bond motifs is 6. The van der Waals surface area contributed by atoms with Crippen molar-refractivity contribution in [3.05, 3.63) is 149 Å². The lowest BCUT2D eigenvalue weighted by Gasteiger charge is -2.26. The third kappa shape index (κ3) is 4.16. The van der Waals surface area contributed by atoms with Gasteiger partial charge < -0.3 is 9.13 Å². The molecule has 2 aliphatic carbocycles. The van der Waals surface area contributed by atoms with E-state index >= 15 is 0 Å². The Hall–Kier alpha value is -5.08. The Bertz CT molecular complexity index is 2420. The average molecular weight is 581 g/mol. The van der Waals surface area contributed by atoms with E-state index in [0.29, 0.717) is 5.92 Å². The van der Waals surface area contributed by atoms with Crippen molar-refractivity contribution in [3.8, 4) is 11.4 Å². The first kappa shape index (κ1) is 26.3. The van der Waals surface area contributed by atoms with Crippen LogP contribution >= 0.6 is 0 Å². The third-order valence-electron chi connectivity index (χ3n) is 10.1. The van der Waals surface area contributed by atoms with E-state index < -0.39 is 0 Å². The van der Waals surface area contributed by atoms with Gasteiger partial charge in [0.15, 0.2) is 0 Å². The number of aryl methyl sites for hydroxylation is 1. The minimum Gasteiger partial charge on any atom is -0.309 e. The van der Waals surface area contributed by atoms with Crippen LogP contribution in [-0.4, -0.2) is 9.13 Å². The highest BCUT2D eigenvalue weighted by molar-refractivity contribution is 6.14. The van der Waals surface area contributed by atoms with E-state index in [1.54, 1.807) is 5.57 Å². The van der Waals surface area contributed by atoms with Crippen LogP contribution in [0.3, 0.4) is 0 Å². The van der Waals surface area contributed by atoms with Gasteiger partial charge in [-0.05, 0) is 104 Å². The Kier molecular flexibility index (Phi) is 6.16. The average Bonchev–Trinajstić information content (AvgIpc) is 3.62. The van der Waals surface area contributed by atoms with E-state index in [-0.39, 0.29) is 0 Å². The van der Waals surface area contributed by atoms with Crippen LogP contribution in [0, 0.1) is 12.8 Å². The van der Waals surface area contributed by atoms with E-state index in [0.717, 1.165) is 19.3 Å². The van der Waals surface area contributed by atoms with Crippen molar-refractivity contribution in [3.63, 3.8) is 0 Å². The van der Waals surface area contributed by atoms with Crippen LogP contribution in [0.5, 0.6) is 0 Å². The summed E-state index contributed by atoms with van der Waals surface area (Å²) in [6, 6.07) is 44.7. The van der Waals surface area contributed by atoms with Crippen LogP contribution in [0.15, 0.2) is 127 Å². The predicted molar refractivity (Wildman–Crippen MR) is 190 cm³/mol. The van der Waals surface area contributed by atoms with Crippen molar-refractivity contribution >= 4 is 49.9 Å². The van der Waals surface area contributed by atoms with Crippen LogP contribution in [0.25, 0.3) is 61.3 Å². The number of allylic oxidation sites excluding steroid dienone is 2. The predicted octanol–water partition coefficient (Wildman–Crippen LogP) is 9.64. The quantitative estimate of drug-likeness (QED) is 0.196. The summed E-state index contributed by atoms with van der Waals surface area (Å²) in [6.07, 6.45) is 10.9. The van der Waals surface area contributed by atoms with E-state index in [1.807, 2.05) is 0 Å². The molecule has 0 saturated heterocycles. The van der Waals surface area contributed by atoms with Crippen molar-refractivity contribution in [1.82, 2.24) is 9.13 Å². The van der Waals surface area contributed by atoms with E-state index in [4.69, 9.17) is 0 Å². The van der Waals surface area contributed by atoms with Gasteiger partial charge in [-0.25, -0.2) is 0 Å². The van der Waals surface area contributed by atoms with Gasteiger partial charge in [-0.15, -0.1) is 0 Å². The fraction of sp³-hybridized carbons (Fsp3) is 0.163. The van der Waals surface area contributed by atoms with E-state index in [2.05, 4.69) is 150 Å². The summed E-state index contributed by atoms with van der Waals surface area (Å²) >= 11 is 0. The largest absolute Gasteiger partial charge is 0.309 e. The standard InChI is InChI=1S/C43H36N2/c1-29-13-9-18-33(27-29)44-40-25-8-6-20-38(40)42-34(21-12-26-41(42)44)30-14-10-15-31(28-30)35-22-11-23-37-36-19-5-7-24-39(36)45(43(35)37)32-16-3-2-4-17-32/h2-9,12-13,16-21,23-28,31H,10-11,14-15,22H2,1H3. The molecule has 0 fully saturated rings. The van der Waals surface area contributed by atoms with Gasteiger partial charge in [-0.3, -0.25) is 0 Å². The Morgan fingerprint density at radius 3 is 2.18 bits per heavy atom. The van der Waals surface area contributed by atoms with Crippen molar-refractivity contribution in [1.29, 1.82) is 0 Å². The van der Waals surface area contributed by atoms with Gasteiger partial charge in [0.05, 0.1) is 21.9 Å². The highest BCUT2D eigenvalue weighted by Crippen LogP contribution is 2.42. The van der Waals surface area contributed by atoms with Gasteiger partial charge >= 0.3 is 0 Å². The van der Waals surface area contributed by atoms with Gasteiger partial charge in [-0.2, -0.15) is 0 Å². The highest BCUT2D eigenvalue weighted by atomic mass is 15.0. The minimum absolute atomic E-state index is 0.424. The van der Waals surface area contributed by atoms with Gasteiger partial charge in [0.2, 0.25) is 0 Å². The molecule has 0 aliphatic heterocycles. The number of rotatable bonds is 4. The van der Waals surface area contributed by atoms with Crippen LogP contribution in [0.4, 0.5) is 0 Å². The van der Waals surface area contributed by atoms with E-state index in [1.165, 1.54) is 84.2 Å². The summed E-state index contributed by atoms with van der Waals surface area (Å²) in [5.41, 5.74) is 12.1. The summed E-state index contributed by atoms with van der Waals surface area (Å²) in [5.74, 6) is 0.424. The summed E-state index contributed by atoms with van der Waals surface area (Å²) < 4.78 is 4.99. The van der Waals surface area contributed by atoms with Crippen LogP contribution in [0.2, 0.25) is 0 Å². The molecule has 2 heterocycles. The molecule has 0 amide bonds. The van der Waals surface area contributed by atoms with E-state index in [9.17, 15) is 0 Å². The Labute approximate surface area is 263 Å². The number of para-hydroxylation sites is 3. The number of aromatic nitrogens is 2. The normalized spacial score (nSPS) is 16.6. The molecule has 0 saturated carbocycles. The Morgan fingerprint density at radius 2 is 1.33 bits per heavy atom. The Morgan fingerprint density at radius 1 is 0.622 bits per heavy atom. The number of nitrogens with zero attached hydrogens (tertiary/aromatic N) is 2. The molecule has 0 N–H and O–H groups in total. The van der Waals surface area contributed by atoms with Crippen molar-refractivity contribution in [2.45, 2.75) is 39.0 Å². The van der Waals surface area contributed by atoms with Crippen LogP contribution < -0.4 is 10.6 Å². The maximum atomic E-state index is 2.65. The fourth-order valence-corrected chi connectivity index (χ4v) is 8.24. The summed E-state index contributed by atoms with van der Waals surface area (Å²) in [5, 5.41) is 6.91. The van der Waals surface area contributed by atoms with Gasteiger partial charge in [0.25, 0.3) is 0 Å². The first-order valence-electron chi connectivity index (χ1n) is 16.4. The highest BCUT2D eigenvalue weighted by Gasteiger charge is 2.25. The zero-order valence-electron chi connectivity index (χ0n) is 25.7. The minimum atomic E-state index is 0.424. The summed E-state index contributed by atoms with van der Waals surface area (Å²) in [4.78, 5) is 0. The third-order valence-corrected chi connectivity index (χ3v) is 10.1. The monoisotopic (exact) mass is 580 g/mol. The van der Waals surface area contributed by atoms with Crippen molar-refractivity contribution in [2.24, 2.45) is 5.92 Å². The van der Waals surface area contributed by atoms with Gasteiger partial charge in [0.1, 0.15) is 0 Å². The van der Waals surface area contributed by atoms with Crippen molar-refractivity contribution in [2.75, 3.05) is 0 Å². The Balaban J connectivity index is 1.28. The number of benzene rings is 5. The smallest absolute Gasteiger partial charge is 0.0547 e. The molecule has 2 nitrogen and oxygen atoms in total. The molecular weight excluding hydrogens is 544 g/mol. The summed E-state index contributed by atoms with van der Waals surface area (Å²) in [6.45, 7) is 2.18. The molecule has 2 aliphatic rings. The number of hydrogen-bond acceptors (Lipinski definition) is 0. The molecule has 7 aromatic rings. The molecule has 9 rings (SSSR count).